The van der Waals surface area contributed by atoms with E-state index in [1.54, 1.807) is 11.8 Å². The first-order chi connectivity index (χ1) is 9.90. The zero-order chi connectivity index (χ0) is 15.2. The van der Waals surface area contributed by atoms with Crippen LogP contribution in [-0.4, -0.2) is 35.0 Å². The SMILES string of the molecule is C[C@]1(C(=O)O)CCN(C(=O)[C@H]2C[C@H]2c2cccc(Cl)c2)C1. The van der Waals surface area contributed by atoms with Crippen molar-refractivity contribution < 1.29 is 14.7 Å². The highest BCUT2D eigenvalue weighted by Crippen LogP contribution is 2.49. The van der Waals surface area contributed by atoms with Gasteiger partial charge in [-0.15, -0.1) is 0 Å². The summed E-state index contributed by atoms with van der Waals surface area (Å²) in [6.07, 6.45) is 1.36. The Balaban J connectivity index is 1.65. The smallest absolute Gasteiger partial charge is 0.311 e. The molecule has 0 spiro atoms. The number of aliphatic carboxylic acids is 1. The van der Waals surface area contributed by atoms with E-state index in [1.807, 2.05) is 24.3 Å². The first kappa shape index (κ1) is 14.4. The Morgan fingerprint density at radius 3 is 2.81 bits per heavy atom. The number of benzene rings is 1. The lowest BCUT2D eigenvalue weighted by atomic mass is 9.90. The molecule has 1 saturated carbocycles. The molecule has 2 aliphatic rings. The van der Waals surface area contributed by atoms with Crippen LogP contribution in [0, 0.1) is 11.3 Å². The number of carbonyl (C=O) groups excluding carboxylic acids is 1. The lowest BCUT2D eigenvalue weighted by Gasteiger charge is -2.20. The summed E-state index contributed by atoms with van der Waals surface area (Å²) in [5.74, 6) is -0.516. The molecule has 4 nitrogen and oxygen atoms in total. The number of carboxylic acids is 1. The first-order valence-corrected chi connectivity index (χ1v) is 7.56. The molecule has 2 fully saturated rings. The van der Waals surface area contributed by atoms with Crippen LogP contribution >= 0.6 is 11.6 Å². The molecule has 3 rings (SSSR count). The van der Waals surface area contributed by atoms with Crippen molar-refractivity contribution in [1.82, 2.24) is 4.90 Å². The van der Waals surface area contributed by atoms with E-state index >= 15 is 0 Å². The second kappa shape index (κ2) is 5.02. The van der Waals surface area contributed by atoms with E-state index in [-0.39, 0.29) is 17.7 Å². The molecule has 5 heteroatoms. The minimum absolute atomic E-state index is 0.0142. The van der Waals surface area contributed by atoms with Crippen molar-refractivity contribution in [3.63, 3.8) is 0 Å². The maximum Gasteiger partial charge on any atom is 0.311 e. The minimum atomic E-state index is -0.819. The fourth-order valence-corrected chi connectivity index (χ4v) is 3.33. The van der Waals surface area contributed by atoms with Crippen LogP contribution < -0.4 is 0 Å². The van der Waals surface area contributed by atoms with Gasteiger partial charge in [0.25, 0.3) is 0 Å². The first-order valence-electron chi connectivity index (χ1n) is 7.18. The normalized spacial score (nSPS) is 31.2. The number of likely N-dealkylation sites (tertiary alicyclic amines) is 1. The summed E-state index contributed by atoms with van der Waals surface area (Å²) in [6.45, 7) is 2.57. The number of carbonyl (C=O) groups is 2. The molecule has 1 aromatic rings. The van der Waals surface area contributed by atoms with Crippen LogP contribution in [0.1, 0.15) is 31.2 Å². The molecule has 0 bridgehead atoms. The third kappa shape index (κ3) is 2.64. The Hall–Kier alpha value is -1.55. The summed E-state index contributed by atoms with van der Waals surface area (Å²) in [7, 11) is 0. The molecule has 21 heavy (non-hydrogen) atoms. The maximum atomic E-state index is 12.5. The Labute approximate surface area is 128 Å². The number of carboxylic acid groups (broad SMARTS) is 1. The van der Waals surface area contributed by atoms with Crippen molar-refractivity contribution in [3.05, 3.63) is 34.9 Å². The summed E-state index contributed by atoms with van der Waals surface area (Å²) in [5, 5.41) is 9.92. The van der Waals surface area contributed by atoms with Crippen molar-refractivity contribution in [2.75, 3.05) is 13.1 Å². The van der Waals surface area contributed by atoms with Crippen LogP contribution in [0.25, 0.3) is 0 Å². The largest absolute Gasteiger partial charge is 0.481 e. The Kier molecular flexibility index (Phi) is 3.44. The molecule has 1 amide bonds. The molecular weight excluding hydrogens is 290 g/mol. The Morgan fingerprint density at radius 1 is 1.43 bits per heavy atom. The van der Waals surface area contributed by atoms with E-state index in [9.17, 15) is 14.7 Å². The van der Waals surface area contributed by atoms with Gasteiger partial charge < -0.3 is 10.0 Å². The number of amides is 1. The minimum Gasteiger partial charge on any atom is -0.481 e. The van der Waals surface area contributed by atoms with Gasteiger partial charge in [0, 0.05) is 24.0 Å². The third-order valence-electron chi connectivity index (χ3n) is 4.69. The van der Waals surface area contributed by atoms with Gasteiger partial charge in [-0.05, 0) is 43.4 Å². The van der Waals surface area contributed by atoms with E-state index in [1.165, 1.54) is 0 Å². The Morgan fingerprint density at radius 2 is 2.19 bits per heavy atom. The zero-order valence-corrected chi connectivity index (χ0v) is 12.6. The van der Waals surface area contributed by atoms with Gasteiger partial charge >= 0.3 is 5.97 Å². The lowest BCUT2D eigenvalue weighted by Crippen LogP contribution is -2.35. The van der Waals surface area contributed by atoms with Gasteiger partial charge in [0.15, 0.2) is 0 Å². The van der Waals surface area contributed by atoms with Crippen molar-refractivity contribution in [2.24, 2.45) is 11.3 Å². The molecule has 0 radical (unpaired) electrons. The van der Waals surface area contributed by atoms with Crippen LogP contribution in [0.15, 0.2) is 24.3 Å². The summed E-state index contributed by atoms with van der Waals surface area (Å²) < 4.78 is 0. The summed E-state index contributed by atoms with van der Waals surface area (Å²) in [6, 6.07) is 7.62. The summed E-state index contributed by atoms with van der Waals surface area (Å²) >= 11 is 5.98. The highest BCUT2D eigenvalue weighted by atomic mass is 35.5. The van der Waals surface area contributed by atoms with Crippen LogP contribution in [0.5, 0.6) is 0 Å². The van der Waals surface area contributed by atoms with E-state index in [0.29, 0.717) is 24.5 Å². The second-order valence-electron chi connectivity index (χ2n) is 6.38. The molecule has 1 saturated heterocycles. The van der Waals surface area contributed by atoms with Gasteiger partial charge in [0.2, 0.25) is 5.91 Å². The highest BCUT2D eigenvalue weighted by molar-refractivity contribution is 6.30. The van der Waals surface area contributed by atoms with Crippen LogP contribution in [-0.2, 0) is 9.59 Å². The third-order valence-corrected chi connectivity index (χ3v) is 4.92. The quantitative estimate of drug-likeness (QED) is 0.934. The van der Waals surface area contributed by atoms with Gasteiger partial charge in [-0.3, -0.25) is 9.59 Å². The molecule has 1 heterocycles. The molecule has 1 N–H and O–H groups in total. The molecule has 0 aromatic heterocycles. The van der Waals surface area contributed by atoms with Gasteiger partial charge in [-0.2, -0.15) is 0 Å². The van der Waals surface area contributed by atoms with E-state index in [4.69, 9.17) is 11.6 Å². The number of nitrogens with zero attached hydrogens (tertiary/aromatic N) is 1. The Bertz CT molecular complexity index is 603. The molecular formula is C16H18ClNO3. The highest BCUT2D eigenvalue weighted by Gasteiger charge is 2.49. The van der Waals surface area contributed by atoms with Crippen LogP contribution in [0.4, 0.5) is 0 Å². The van der Waals surface area contributed by atoms with E-state index in [2.05, 4.69) is 0 Å². The number of hydrogen-bond donors (Lipinski definition) is 1. The molecule has 1 aliphatic carbocycles. The predicted octanol–water partition coefficient (Wildman–Crippen LogP) is 2.77. The van der Waals surface area contributed by atoms with Crippen molar-refractivity contribution in [1.29, 1.82) is 0 Å². The van der Waals surface area contributed by atoms with Crippen molar-refractivity contribution >= 4 is 23.5 Å². The number of hydrogen-bond acceptors (Lipinski definition) is 2. The summed E-state index contributed by atoms with van der Waals surface area (Å²) in [5.41, 5.74) is 0.303. The van der Waals surface area contributed by atoms with Gasteiger partial charge in [-0.25, -0.2) is 0 Å². The average molecular weight is 308 g/mol. The fourth-order valence-electron chi connectivity index (χ4n) is 3.13. The maximum absolute atomic E-state index is 12.5. The molecule has 1 aliphatic heterocycles. The van der Waals surface area contributed by atoms with E-state index in [0.717, 1.165) is 12.0 Å². The molecule has 1 aromatic carbocycles. The fraction of sp³-hybridized carbons (Fsp3) is 0.500. The lowest BCUT2D eigenvalue weighted by molar-refractivity contribution is -0.147. The van der Waals surface area contributed by atoms with Crippen LogP contribution in [0.2, 0.25) is 5.02 Å². The van der Waals surface area contributed by atoms with Crippen LogP contribution in [0.3, 0.4) is 0 Å². The monoisotopic (exact) mass is 307 g/mol. The average Bonchev–Trinajstić information content (AvgIpc) is 3.14. The van der Waals surface area contributed by atoms with Crippen molar-refractivity contribution in [3.8, 4) is 0 Å². The molecule has 112 valence electrons. The topological polar surface area (TPSA) is 57.6 Å². The van der Waals surface area contributed by atoms with Gasteiger partial charge in [0.05, 0.1) is 5.41 Å². The second-order valence-corrected chi connectivity index (χ2v) is 6.82. The van der Waals surface area contributed by atoms with Gasteiger partial charge in [0.1, 0.15) is 0 Å². The standard InChI is InChI=1S/C16H18ClNO3/c1-16(15(20)21)5-6-18(9-16)14(19)13-8-12(13)10-3-2-4-11(17)7-10/h2-4,7,12-13H,5-6,8-9H2,1H3,(H,20,21)/t12-,13-,16-/m0/s1. The molecule has 0 unspecified atom stereocenters. The van der Waals surface area contributed by atoms with Gasteiger partial charge in [-0.1, -0.05) is 23.7 Å². The number of rotatable bonds is 3. The molecule has 3 atom stereocenters. The van der Waals surface area contributed by atoms with E-state index < -0.39 is 11.4 Å². The summed E-state index contributed by atoms with van der Waals surface area (Å²) in [4.78, 5) is 25.4. The number of halogens is 1. The van der Waals surface area contributed by atoms with Crippen molar-refractivity contribution in [2.45, 2.75) is 25.7 Å². The zero-order valence-electron chi connectivity index (χ0n) is 11.9. The predicted molar refractivity (Wildman–Crippen MR) is 79.2 cm³/mol.